The summed E-state index contributed by atoms with van der Waals surface area (Å²) in [5, 5.41) is 6.99. The molecule has 11 heteroatoms. The molecule has 4 aromatic rings. The molecule has 7 nitrogen and oxygen atoms in total. The van der Waals surface area contributed by atoms with Gasteiger partial charge in [0.05, 0.1) is 38.6 Å². The highest BCUT2D eigenvalue weighted by atomic mass is 35.5. The van der Waals surface area contributed by atoms with Crippen LogP contribution in [0.3, 0.4) is 0 Å². The van der Waals surface area contributed by atoms with Crippen molar-refractivity contribution in [3.63, 3.8) is 0 Å². The minimum atomic E-state index is -4.62. The monoisotopic (exact) mass is 489 g/mol. The second-order valence-corrected chi connectivity index (χ2v) is 7.88. The molecule has 0 radical (unpaired) electrons. The lowest BCUT2D eigenvalue weighted by molar-refractivity contribution is -0.137. The van der Waals surface area contributed by atoms with E-state index in [1.807, 2.05) is 0 Å². The van der Waals surface area contributed by atoms with E-state index in [0.717, 1.165) is 6.07 Å². The van der Waals surface area contributed by atoms with Crippen LogP contribution in [0.5, 0.6) is 11.5 Å². The van der Waals surface area contributed by atoms with Gasteiger partial charge in [-0.1, -0.05) is 35.0 Å². The number of alkyl halides is 3. The molecule has 5 rings (SSSR count). The van der Waals surface area contributed by atoms with E-state index < -0.39 is 17.6 Å². The summed E-state index contributed by atoms with van der Waals surface area (Å²) >= 11 is 6.30. The van der Waals surface area contributed by atoms with Gasteiger partial charge in [-0.25, -0.2) is 4.98 Å². The first-order valence-corrected chi connectivity index (χ1v) is 10.4. The molecule has 34 heavy (non-hydrogen) atoms. The molecule has 1 aliphatic rings. The van der Waals surface area contributed by atoms with Gasteiger partial charge in [0, 0.05) is 17.7 Å². The van der Waals surface area contributed by atoms with Crippen molar-refractivity contribution in [2.75, 3.05) is 18.5 Å². The lowest BCUT2D eigenvalue weighted by atomic mass is 10.0. The van der Waals surface area contributed by atoms with Gasteiger partial charge < -0.3 is 19.3 Å². The minimum Gasteiger partial charge on any atom is -0.486 e. The number of carbonyl (C=O) groups excluding carboxylic acids is 1. The molecule has 174 valence electrons. The predicted octanol–water partition coefficient (Wildman–Crippen LogP) is 5.89. The molecule has 1 amide bonds. The average Bonchev–Trinajstić information content (AvgIpc) is 3.19. The summed E-state index contributed by atoms with van der Waals surface area (Å²) in [6, 6.07) is 9.27. The van der Waals surface area contributed by atoms with Crippen LogP contribution < -0.4 is 14.8 Å². The Bertz CT molecular complexity index is 1440. The summed E-state index contributed by atoms with van der Waals surface area (Å²) < 4.78 is 57.0. The third-order valence-electron chi connectivity index (χ3n) is 5.25. The Kier molecular flexibility index (Phi) is 5.32. The molecule has 0 unspecified atom stereocenters. The third kappa shape index (κ3) is 3.90. The molecular formula is C23H15ClF3N3O4. The number of fused-ring (bicyclic) bond motifs is 2. The number of hydrogen-bond donors (Lipinski definition) is 1. The van der Waals surface area contributed by atoms with Gasteiger partial charge in [0.25, 0.3) is 11.6 Å². The number of aryl methyl sites for hydroxylation is 1. The van der Waals surface area contributed by atoms with Gasteiger partial charge in [-0.3, -0.25) is 4.79 Å². The second kappa shape index (κ2) is 8.21. The number of nitrogens with one attached hydrogen (secondary N) is 1. The Morgan fingerprint density at radius 2 is 1.79 bits per heavy atom. The van der Waals surface area contributed by atoms with E-state index in [2.05, 4.69) is 15.5 Å². The van der Waals surface area contributed by atoms with Gasteiger partial charge in [-0.2, -0.15) is 13.2 Å². The van der Waals surface area contributed by atoms with E-state index >= 15 is 0 Å². The number of ether oxygens (including phenoxy) is 2. The molecule has 0 spiro atoms. The Morgan fingerprint density at radius 1 is 1.09 bits per heavy atom. The van der Waals surface area contributed by atoms with Gasteiger partial charge in [0.1, 0.15) is 13.2 Å². The Labute approximate surface area is 195 Å². The van der Waals surface area contributed by atoms with E-state index in [0.29, 0.717) is 30.4 Å². The zero-order valence-corrected chi connectivity index (χ0v) is 18.3. The fraction of sp³-hybridized carbons (Fsp3) is 0.174. The van der Waals surface area contributed by atoms with Crippen molar-refractivity contribution in [2.24, 2.45) is 0 Å². The number of aromatic nitrogens is 2. The van der Waals surface area contributed by atoms with Crippen LogP contribution in [0.2, 0.25) is 5.02 Å². The van der Waals surface area contributed by atoms with Crippen LogP contribution in [0.1, 0.15) is 21.6 Å². The Hall–Kier alpha value is -3.79. The van der Waals surface area contributed by atoms with Crippen molar-refractivity contribution in [1.29, 1.82) is 0 Å². The summed E-state index contributed by atoms with van der Waals surface area (Å²) in [7, 11) is 0. The van der Waals surface area contributed by atoms with Crippen LogP contribution in [0.15, 0.2) is 47.0 Å². The van der Waals surface area contributed by atoms with Crippen LogP contribution >= 0.6 is 11.6 Å². The highest BCUT2D eigenvalue weighted by molar-refractivity contribution is 6.34. The molecule has 1 aliphatic heterocycles. The number of rotatable bonds is 3. The first kappa shape index (κ1) is 22.0. The zero-order valence-electron chi connectivity index (χ0n) is 17.5. The van der Waals surface area contributed by atoms with Crippen molar-refractivity contribution >= 4 is 34.3 Å². The second-order valence-electron chi connectivity index (χ2n) is 7.48. The van der Waals surface area contributed by atoms with E-state index in [4.69, 9.17) is 25.6 Å². The molecular weight excluding hydrogens is 475 g/mol. The van der Waals surface area contributed by atoms with Crippen LogP contribution in [-0.2, 0) is 6.18 Å². The Balaban J connectivity index is 1.61. The number of pyridine rings is 1. The van der Waals surface area contributed by atoms with Crippen LogP contribution in [-0.4, -0.2) is 29.3 Å². The van der Waals surface area contributed by atoms with Crippen molar-refractivity contribution < 1.29 is 32.0 Å². The first-order chi connectivity index (χ1) is 16.2. The maximum absolute atomic E-state index is 13.6. The highest BCUT2D eigenvalue weighted by Crippen LogP contribution is 2.40. The quantitative estimate of drug-likeness (QED) is 0.386. The fourth-order valence-electron chi connectivity index (χ4n) is 3.71. The summed E-state index contributed by atoms with van der Waals surface area (Å²) in [5.41, 5.74) is -0.609. The number of nitrogens with zero attached hydrogens (tertiary/aromatic N) is 2. The lowest BCUT2D eigenvalue weighted by Gasteiger charge is -2.20. The molecule has 2 aromatic heterocycles. The number of hydrogen-bond acceptors (Lipinski definition) is 6. The van der Waals surface area contributed by atoms with Gasteiger partial charge in [0.2, 0.25) is 0 Å². The van der Waals surface area contributed by atoms with Crippen LogP contribution in [0.25, 0.3) is 22.4 Å². The molecule has 1 N–H and O–H groups in total. The number of halogens is 4. The normalized spacial score (nSPS) is 13.2. The molecule has 0 bridgehead atoms. The highest BCUT2D eigenvalue weighted by Gasteiger charge is 2.34. The molecule has 3 heterocycles. The molecule has 0 saturated heterocycles. The molecule has 0 fully saturated rings. The fourth-order valence-corrected chi connectivity index (χ4v) is 3.92. The molecule has 2 aromatic carbocycles. The average molecular weight is 490 g/mol. The van der Waals surface area contributed by atoms with Gasteiger partial charge in [-0.15, -0.1) is 0 Å². The minimum absolute atomic E-state index is 0.0293. The number of amides is 1. The summed E-state index contributed by atoms with van der Waals surface area (Å²) in [4.78, 5) is 17.5. The maximum atomic E-state index is 13.6. The van der Waals surface area contributed by atoms with Crippen LogP contribution in [0, 0.1) is 6.92 Å². The molecule has 0 atom stereocenters. The number of carbonyl (C=O) groups is 1. The van der Waals surface area contributed by atoms with Gasteiger partial charge >= 0.3 is 6.18 Å². The number of anilines is 1. The summed E-state index contributed by atoms with van der Waals surface area (Å²) in [5.74, 6) is 0.219. The molecule has 0 aliphatic carbocycles. The van der Waals surface area contributed by atoms with E-state index in [-0.39, 0.29) is 38.6 Å². The predicted molar refractivity (Wildman–Crippen MR) is 117 cm³/mol. The van der Waals surface area contributed by atoms with E-state index in [1.54, 1.807) is 6.92 Å². The SMILES string of the molecule is Cc1noc2nc(-c3ccccc3C(F)(F)F)cc(C(=O)Nc3cc4c(cc3Cl)OCCO4)c12. The van der Waals surface area contributed by atoms with Gasteiger partial charge in [-0.05, 0) is 19.1 Å². The van der Waals surface area contributed by atoms with Crippen molar-refractivity contribution in [3.05, 3.63) is 64.3 Å². The van der Waals surface area contributed by atoms with E-state index in [1.165, 1.54) is 36.4 Å². The van der Waals surface area contributed by atoms with Crippen LogP contribution in [0.4, 0.5) is 18.9 Å². The standard InChI is InChI=1S/C23H15ClF3N3O4/c1-11-20-13(21(31)28-17-10-19-18(9-15(17)24)32-6-7-33-19)8-16(29-22(20)34-30-11)12-4-2-3-5-14(12)23(25,26)27/h2-5,8-10H,6-7H2,1H3,(H,28,31). The van der Waals surface area contributed by atoms with Crippen molar-refractivity contribution in [2.45, 2.75) is 13.1 Å². The van der Waals surface area contributed by atoms with Crippen molar-refractivity contribution in [1.82, 2.24) is 10.1 Å². The smallest absolute Gasteiger partial charge is 0.417 e. The Morgan fingerprint density at radius 3 is 2.53 bits per heavy atom. The van der Waals surface area contributed by atoms with Crippen molar-refractivity contribution in [3.8, 4) is 22.8 Å². The topological polar surface area (TPSA) is 86.5 Å². The first-order valence-electron chi connectivity index (χ1n) is 10.1. The van der Waals surface area contributed by atoms with Gasteiger partial charge in [0.15, 0.2) is 11.5 Å². The lowest BCUT2D eigenvalue weighted by Crippen LogP contribution is -2.17. The summed E-state index contributed by atoms with van der Waals surface area (Å²) in [6.07, 6.45) is -4.62. The maximum Gasteiger partial charge on any atom is 0.417 e. The largest absolute Gasteiger partial charge is 0.486 e. The summed E-state index contributed by atoms with van der Waals surface area (Å²) in [6.45, 7) is 2.32. The molecule has 0 saturated carbocycles. The van der Waals surface area contributed by atoms with E-state index in [9.17, 15) is 18.0 Å². The third-order valence-corrected chi connectivity index (χ3v) is 5.56. The zero-order chi connectivity index (χ0) is 24.0. The number of benzene rings is 2.